The molecule has 0 radical (unpaired) electrons. The Bertz CT molecular complexity index is 484. The molecule has 0 amide bonds. The number of benzene rings is 1. The van der Waals surface area contributed by atoms with Crippen LogP contribution in [-0.2, 0) is 0 Å². The van der Waals surface area contributed by atoms with Crippen LogP contribution >= 0.6 is 27.7 Å². The Labute approximate surface area is 85.0 Å². The molecule has 0 unspecified atom stereocenters. The average molecular weight is 260 g/mol. The lowest BCUT2D eigenvalue weighted by Crippen LogP contribution is -1.89. The van der Waals surface area contributed by atoms with Crippen LogP contribution in [-0.4, -0.2) is 13.7 Å². The summed E-state index contributed by atoms with van der Waals surface area (Å²) in [4.78, 5) is 10.1. The van der Waals surface area contributed by atoms with E-state index in [1.54, 1.807) is 6.07 Å². The molecule has 0 fully saturated rings. The molecule has 0 aliphatic heterocycles. The Hall–Kier alpha value is -1.08. The van der Waals surface area contributed by atoms with Crippen molar-refractivity contribution >= 4 is 44.4 Å². The number of hydrogen-bond donors (Lipinski definition) is 0. The Morgan fingerprint density at radius 1 is 1.38 bits per heavy atom. The normalized spacial score (nSPS) is 10.5. The second-order valence-corrected chi connectivity index (χ2v) is 3.67. The summed E-state index contributed by atoms with van der Waals surface area (Å²) >= 11 is 4.21. The van der Waals surface area contributed by atoms with Crippen LogP contribution in [0.3, 0.4) is 0 Å². The smallest absolute Gasteiger partial charge is 0.258 e. The van der Waals surface area contributed by atoms with E-state index in [1.165, 1.54) is 6.07 Å². The fourth-order valence-electron chi connectivity index (χ4n) is 0.971. The van der Waals surface area contributed by atoms with Gasteiger partial charge in [0.15, 0.2) is 5.52 Å². The van der Waals surface area contributed by atoms with E-state index < -0.39 is 4.92 Å². The first-order valence-electron chi connectivity index (χ1n) is 3.25. The minimum absolute atomic E-state index is 0.00745. The Morgan fingerprint density at radius 3 is 2.77 bits per heavy atom. The highest BCUT2D eigenvalue weighted by Crippen LogP contribution is 2.29. The number of fused-ring (bicyclic) bond motifs is 1. The monoisotopic (exact) mass is 259 g/mol. The van der Waals surface area contributed by atoms with Crippen molar-refractivity contribution in [1.29, 1.82) is 0 Å². The summed E-state index contributed by atoms with van der Waals surface area (Å²) in [6.07, 6.45) is 0. The third-order valence-corrected chi connectivity index (χ3v) is 2.71. The van der Waals surface area contributed by atoms with E-state index >= 15 is 0 Å². The third-order valence-electron chi connectivity index (χ3n) is 1.54. The number of aromatic nitrogens is 2. The maximum absolute atomic E-state index is 10.6. The number of nitro benzene ring substituents is 1. The summed E-state index contributed by atoms with van der Waals surface area (Å²) < 4.78 is 8.52. The van der Waals surface area contributed by atoms with E-state index in [9.17, 15) is 10.1 Å². The Balaban J connectivity index is 2.86. The van der Waals surface area contributed by atoms with Gasteiger partial charge in [0.25, 0.3) is 5.69 Å². The van der Waals surface area contributed by atoms with Crippen LogP contribution in [0.1, 0.15) is 0 Å². The van der Waals surface area contributed by atoms with Gasteiger partial charge < -0.3 is 0 Å². The SMILES string of the molecule is O=[N+]([O-])c1ccc(Br)c2nsnc12. The highest BCUT2D eigenvalue weighted by molar-refractivity contribution is 9.10. The lowest BCUT2D eigenvalue weighted by molar-refractivity contribution is -0.383. The number of non-ortho nitro benzene ring substituents is 1. The van der Waals surface area contributed by atoms with Gasteiger partial charge in [-0.05, 0) is 22.0 Å². The minimum Gasteiger partial charge on any atom is -0.258 e. The molecule has 0 saturated carbocycles. The Kier molecular flexibility index (Phi) is 1.97. The standard InChI is InChI=1S/C6H2BrN3O2S/c7-3-1-2-4(10(11)12)6-5(3)8-13-9-6/h1-2H. The summed E-state index contributed by atoms with van der Waals surface area (Å²) in [5.41, 5.74) is 0.871. The summed E-state index contributed by atoms with van der Waals surface area (Å²) in [5.74, 6) is 0. The van der Waals surface area contributed by atoms with Crippen molar-refractivity contribution in [3.05, 3.63) is 26.7 Å². The lowest BCUT2D eigenvalue weighted by atomic mass is 10.3. The first kappa shape index (κ1) is 8.52. The quantitative estimate of drug-likeness (QED) is 0.583. The zero-order valence-electron chi connectivity index (χ0n) is 6.10. The molecule has 0 spiro atoms. The van der Waals surface area contributed by atoms with E-state index in [0.29, 0.717) is 11.0 Å². The molecular formula is C6H2BrN3O2S. The molecule has 1 aromatic carbocycles. The van der Waals surface area contributed by atoms with Crippen molar-refractivity contribution in [3.8, 4) is 0 Å². The lowest BCUT2D eigenvalue weighted by Gasteiger charge is -1.92. The van der Waals surface area contributed by atoms with Gasteiger partial charge in [0.05, 0.1) is 16.7 Å². The molecule has 0 N–H and O–H groups in total. The largest absolute Gasteiger partial charge is 0.298 e. The van der Waals surface area contributed by atoms with E-state index in [2.05, 4.69) is 24.7 Å². The van der Waals surface area contributed by atoms with Gasteiger partial charge in [-0.1, -0.05) is 0 Å². The number of rotatable bonds is 1. The van der Waals surface area contributed by atoms with Crippen LogP contribution in [0.4, 0.5) is 5.69 Å². The number of halogens is 1. The van der Waals surface area contributed by atoms with E-state index in [-0.39, 0.29) is 5.69 Å². The molecule has 0 bridgehead atoms. The molecule has 2 rings (SSSR count). The first-order valence-corrected chi connectivity index (χ1v) is 4.77. The van der Waals surface area contributed by atoms with Crippen LogP contribution in [0, 0.1) is 10.1 Å². The molecule has 13 heavy (non-hydrogen) atoms. The van der Waals surface area contributed by atoms with Crippen molar-refractivity contribution in [1.82, 2.24) is 8.75 Å². The van der Waals surface area contributed by atoms with E-state index in [0.717, 1.165) is 16.2 Å². The zero-order valence-corrected chi connectivity index (χ0v) is 8.50. The number of nitrogens with zero attached hydrogens (tertiary/aromatic N) is 3. The summed E-state index contributed by atoms with van der Waals surface area (Å²) in [6.45, 7) is 0. The van der Waals surface area contributed by atoms with Crippen molar-refractivity contribution < 1.29 is 4.92 Å². The highest BCUT2D eigenvalue weighted by atomic mass is 79.9. The van der Waals surface area contributed by atoms with Crippen LogP contribution in [0.5, 0.6) is 0 Å². The van der Waals surface area contributed by atoms with Gasteiger partial charge in [0.2, 0.25) is 0 Å². The molecule has 7 heteroatoms. The summed E-state index contributed by atoms with van der Waals surface area (Å²) in [6, 6.07) is 3.01. The van der Waals surface area contributed by atoms with Gasteiger partial charge in [-0.25, -0.2) is 0 Å². The second-order valence-electron chi connectivity index (χ2n) is 2.29. The molecule has 1 aromatic heterocycles. The van der Waals surface area contributed by atoms with Gasteiger partial charge in [-0.2, -0.15) is 8.75 Å². The van der Waals surface area contributed by atoms with Gasteiger partial charge in [0, 0.05) is 10.5 Å². The van der Waals surface area contributed by atoms with Gasteiger partial charge >= 0.3 is 0 Å². The molecule has 5 nitrogen and oxygen atoms in total. The van der Waals surface area contributed by atoms with Crippen LogP contribution in [0.2, 0.25) is 0 Å². The van der Waals surface area contributed by atoms with E-state index in [1.807, 2.05) is 0 Å². The molecule has 0 atom stereocenters. The molecule has 2 aromatic rings. The van der Waals surface area contributed by atoms with Crippen molar-refractivity contribution in [2.24, 2.45) is 0 Å². The number of nitro groups is 1. The van der Waals surface area contributed by atoms with Crippen LogP contribution < -0.4 is 0 Å². The topological polar surface area (TPSA) is 68.9 Å². The Morgan fingerprint density at radius 2 is 2.08 bits per heavy atom. The van der Waals surface area contributed by atoms with Crippen LogP contribution in [0.15, 0.2) is 16.6 Å². The fourth-order valence-corrected chi connectivity index (χ4v) is 2.07. The predicted molar refractivity (Wildman–Crippen MR) is 51.8 cm³/mol. The molecular weight excluding hydrogens is 258 g/mol. The second kappa shape index (κ2) is 3.00. The molecule has 1 heterocycles. The predicted octanol–water partition coefficient (Wildman–Crippen LogP) is 2.36. The molecule has 0 aliphatic rings. The van der Waals surface area contributed by atoms with Crippen molar-refractivity contribution in [2.45, 2.75) is 0 Å². The highest BCUT2D eigenvalue weighted by Gasteiger charge is 2.16. The molecule has 0 aliphatic carbocycles. The maximum Gasteiger partial charge on any atom is 0.298 e. The maximum atomic E-state index is 10.6. The third kappa shape index (κ3) is 1.29. The van der Waals surface area contributed by atoms with Gasteiger partial charge in [0.1, 0.15) is 5.52 Å². The fraction of sp³-hybridized carbons (Fsp3) is 0. The van der Waals surface area contributed by atoms with Crippen molar-refractivity contribution in [3.63, 3.8) is 0 Å². The summed E-state index contributed by atoms with van der Waals surface area (Å²) in [7, 11) is 0. The molecule has 0 saturated heterocycles. The zero-order chi connectivity index (χ0) is 9.42. The minimum atomic E-state index is -0.462. The van der Waals surface area contributed by atoms with E-state index in [4.69, 9.17) is 0 Å². The van der Waals surface area contributed by atoms with Crippen LogP contribution in [0.25, 0.3) is 11.0 Å². The summed E-state index contributed by atoms with van der Waals surface area (Å²) in [5, 5.41) is 10.6. The first-order chi connectivity index (χ1) is 6.20. The van der Waals surface area contributed by atoms with Gasteiger partial charge in [-0.3, -0.25) is 10.1 Å². The molecule has 66 valence electrons. The number of hydrogen-bond acceptors (Lipinski definition) is 5. The van der Waals surface area contributed by atoms with Crippen molar-refractivity contribution in [2.75, 3.05) is 0 Å². The average Bonchev–Trinajstić information content (AvgIpc) is 2.53. The van der Waals surface area contributed by atoms with Gasteiger partial charge in [-0.15, -0.1) is 0 Å².